The lowest BCUT2D eigenvalue weighted by molar-refractivity contribution is -0.111. The van der Waals surface area contributed by atoms with Gasteiger partial charge in [0.05, 0.1) is 49.5 Å². The van der Waals surface area contributed by atoms with Gasteiger partial charge in [0, 0.05) is 50.8 Å². The number of ether oxygens (including phenoxy) is 2. The maximum Gasteiger partial charge on any atom is 0.247 e. The molecular formula is C37H43N7O4. The SMILES string of the molecule is C=CC(=O)Nc1cc(Nc2cc(N3OCCC3c3cccc4ccccc34)ncn2)c(OC)cc1N1CCC(N2CCOC(C)C2)CC1. The highest BCUT2D eigenvalue weighted by Crippen LogP contribution is 2.41. The van der Waals surface area contributed by atoms with Gasteiger partial charge in [-0.25, -0.2) is 15.0 Å². The van der Waals surface area contributed by atoms with Crippen molar-refractivity contribution >= 4 is 45.4 Å². The van der Waals surface area contributed by atoms with E-state index in [0.717, 1.165) is 57.7 Å². The number of benzene rings is 3. The van der Waals surface area contributed by atoms with E-state index in [1.807, 2.05) is 23.3 Å². The molecule has 3 aliphatic heterocycles. The Hall–Kier alpha value is -4.71. The molecule has 3 saturated heterocycles. The first-order valence-corrected chi connectivity index (χ1v) is 16.8. The fourth-order valence-electron chi connectivity index (χ4n) is 7.22. The minimum Gasteiger partial charge on any atom is -0.494 e. The van der Waals surface area contributed by atoms with Gasteiger partial charge in [-0.1, -0.05) is 49.0 Å². The number of morpholine rings is 1. The third-order valence-corrected chi connectivity index (χ3v) is 9.58. The number of aromatic nitrogens is 2. The molecule has 0 aliphatic carbocycles. The van der Waals surface area contributed by atoms with Gasteiger partial charge in [0.15, 0.2) is 5.82 Å². The molecular weight excluding hydrogens is 606 g/mol. The Kier molecular flexibility index (Phi) is 9.42. The van der Waals surface area contributed by atoms with Crippen LogP contribution in [0.25, 0.3) is 10.8 Å². The molecule has 250 valence electrons. The van der Waals surface area contributed by atoms with E-state index < -0.39 is 0 Å². The van der Waals surface area contributed by atoms with Crippen LogP contribution in [0.4, 0.5) is 28.7 Å². The average molecular weight is 650 g/mol. The molecule has 3 aliphatic rings. The standard InChI is InChI=1S/C37H43N7O4/c1-4-37(45)41-30-20-31(34(46-3)21-33(30)42-15-12-27(13-16-42)43-17-19-47-25(2)23-43)40-35-22-36(39-24-38-35)44-32(14-18-48-44)29-11-7-9-26-8-5-6-10-28(26)29/h4-11,20-22,24-25,27,32H,1,12-19,23H2,2-3H3,(H,41,45)(H,38,39,40). The van der Waals surface area contributed by atoms with Crippen LogP contribution < -0.4 is 25.3 Å². The van der Waals surface area contributed by atoms with Crippen molar-refractivity contribution in [1.82, 2.24) is 14.9 Å². The van der Waals surface area contributed by atoms with Gasteiger partial charge in [0.2, 0.25) is 5.91 Å². The summed E-state index contributed by atoms with van der Waals surface area (Å²) < 4.78 is 11.7. The van der Waals surface area contributed by atoms with Gasteiger partial charge in [-0.05, 0) is 48.2 Å². The van der Waals surface area contributed by atoms with E-state index in [-0.39, 0.29) is 18.1 Å². The van der Waals surface area contributed by atoms with E-state index in [1.54, 1.807) is 7.11 Å². The highest BCUT2D eigenvalue weighted by molar-refractivity contribution is 6.02. The van der Waals surface area contributed by atoms with E-state index in [9.17, 15) is 4.79 Å². The second-order valence-corrected chi connectivity index (χ2v) is 12.6. The molecule has 1 amide bonds. The van der Waals surface area contributed by atoms with E-state index in [0.29, 0.717) is 41.4 Å². The molecule has 3 aromatic carbocycles. The summed E-state index contributed by atoms with van der Waals surface area (Å²) in [5.41, 5.74) is 3.44. The van der Waals surface area contributed by atoms with Gasteiger partial charge in [-0.2, -0.15) is 0 Å². The summed E-state index contributed by atoms with van der Waals surface area (Å²) in [4.78, 5) is 32.7. The largest absolute Gasteiger partial charge is 0.494 e. The highest BCUT2D eigenvalue weighted by Gasteiger charge is 2.31. The van der Waals surface area contributed by atoms with Crippen molar-refractivity contribution in [3.05, 3.63) is 85.2 Å². The molecule has 11 nitrogen and oxygen atoms in total. The first kappa shape index (κ1) is 31.9. The van der Waals surface area contributed by atoms with Crippen LogP contribution in [0.15, 0.2) is 79.6 Å². The van der Waals surface area contributed by atoms with Crippen molar-refractivity contribution in [3.8, 4) is 5.75 Å². The Morgan fingerprint density at radius 2 is 1.83 bits per heavy atom. The first-order valence-electron chi connectivity index (χ1n) is 16.8. The Bertz CT molecular complexity index is 1770. The smallest absolute Gasteiger partial charge is 0.247 e. The van der Waals surface area contributed by atoms with E-state index in [2.05, 4.69) is 86.4 Å². The first-order chi connectivity index (χ1) is 23.5. The van der Waals surface area contributed by atoms with Gasteiger partial charge < -0.3 is 25.0 Å². The summed E-state index contributed by atoms with van der Waals surface area (Å²) in [6, 6.07) is 21.1. The van der Waals surface area contributed by atoms with Crippen molar-refractivity contribution < 1.29 is 19.1 Å². The Morgan fingerprint density at radius 1 is 1.00 bits per heavy atom. The molecule has 2 unspecified atom stereocenters. The molecule has 0 saturated carbocycles. The minimum atomic E-state index is -0.278. The number of carbonyl (C=O) groups is 1. The number of piperidine rings is 1. The van der Waals surface area contributed by atoms with Gasteiger partial charge in [0.1, 0.15) is 17.9 Å². The van der Waals surface area contributed by atoms with Gasteiger partial charge in [-0.15, -0.1) is 0 Å². The highest BCUT2D eigenvalue weighted by atomic mass is 16.7. The normalized spacial score (nSPS) is 20.5. The molecule has 0 spiro atoms. The molecule has 4 heterocycles. The topological polar surface area (TPSA) is 104 Å². The van der Waals surface area contributed by atoms with E-state index in [1.165, 1.54) is 28.7 Å². The molecule has 7 rings (SSSR count). The lowest BCUT2D eigenvalue weighted by Crippen LogP contribution is -2.51. The number of hydrogen-bond donors (Lipinski definition) is 2. The number of anilines is 5. The van der Waals surface area contributed by atoms with Gasteiger partial charge in [-0.3, -0.25) is 14.5 Å². The van der Waals surface area contributed by atoms with Crippen LogP contribution in [0.3, 0.4) is 0 Å². The fourth-order valence-corrected chi connectivity index (χ4v) is 7.22. The second-order valence-electron chi connectivity index (χ2n) is 12.6. The minimum absolute atomic E-state index is 0.00387. The van der Waals surface area contributed by atoms with Gasteiger partial charge in [0.25, 0.3) is 0 Å². The van der Waals surface area contributed by atoms with Crippen molar-refractivity contribution in [2.45, 2.75) is 44.4 Å². The van der Waals surface area contributed by atoms with Crippen LogP contribution in [0, 0.1) is 0 Å². The predicted octanol–water partition coefficient (Wildman–Crippen LogP) is 6.08. The van der Waals surface area contributed by atoms with Crippen LogP contribution in [0.2, 0.25) is 0 Å². The fraction of sp³-hybridized carbons (Fsp3) is 0.378. The third kappa shape index (κ3) is 6.66. The molecule has 2 atom stereocenters. The van der Waals surface area contributed by atoms with E-state index in [4.69, 9.17) is 14.3 Å². The molecule has 11 heteroatoms. The zero-order valence-electron chi connectivity index (χ0n) is 27.6. The Morgan fingerprint density at radius 3 is 2.65 bits per heavy atom. The summed E-state index contributed by atoms with van der Waals surface area (Å²) in [5, 5.41) is 10.7. The average Bonchev–Trinajstić information content (AvgIpc) is 3.62. The van der Waals surface area contributed by atoms with E-state index >= 15 is 0 Å². The van der Waals surface area contributed by atoms with Crippen molar-refractivity contribution in [2.75, 3.05) is 67.1 Å². The number of methoxy groups -OCH3 is 1. The number of nitrogens with one attached hydrogen (secondary N) is 2. The van der Waals surface area contributed by atoms with Crippen molar-refractivity contribution in [1.29, 1.82) is 0 Å². The zero-order valence-corrected chi connectivity index (χ0v) is 27.6. The Balaban J connectivity index is 1.13. The Labute approximate surface area is 281 Å². The summed E-state index contributed by atoms with van der Waals surface area (Å²) in [6.45, 7) is 10.9. The summed E-state index contributed by atoms with van der Waals surface area (Å²) in [6.07, 6.45) is 5.98. The number of amides is 1. The molecule has 4 aromatic rings. The molecule has 2 N–H and O–H groups in total. The molecule has 1 aromatic heterocycles. The number of nitrogens with zero attached hydrogens (tertiary/aromatic N) is 5. The van der Waals surface area contributed by atoms with Crippen LogP contribution in [-0.2, 0) is 14.4 Å². The number of hydroxylamine groups is 1. The van der Waals surface area contributed by atoms with Gasteiger partial charge >= 0.3 is 0 Å². The lowest BCUT2D eigenvalue weighted by Gasteiger charge is -2.42. The summed E-state index contributed by atoms with van der Waals surface area (Å²) in [5.74, 6) is 1.58. The number of hydrogen-bond acceptors (Lipinski definition) is 10. The van der Waals surface area contributed by atoms with Crippen LogP contribution in [-0.4, -0.2) is 79.4 Å². The monoisotopic (exact) mass is 649 g/mol. The quantitative estimate of drug-likeness (QED) is 0.208. The number of rotatable bonds is 9. The van der Waals surface area contributed by atoms with Crippen LogP contribution >= 0.6 is 0 Å². The van der Waals surface area contributed by atoms with Crippen molar-refractivity contribution in [2.24, 2.45) is 0 Å². The van der Waals surface area contributed by atoms with Crippen LogP contribution in [0.5, 0.6) is 5.75 Å². The maximum atomic E-state index is 12.6. The summed E-state index contributed by atoms with van der Waals surface area (Å²) >= 11 is 0. The molecule has 0 radical (unpaired) electrons. The summed E-state index contributed by atoms with van der Waals surface area (Å²) in [7, 11) is 1.65. The maximum absolute atomic E-state index is 12.6. The van der Waals surface area contributed by atoms with Crippen molar-refractivity contribution in [3.63, 3.8) is 0 Å². The molecule has 0 bridgehead atoms. The number of carbonyl (C=O) groups excluding carboxylic acids is 1. The number of fused-ring (bicyclic) bond motifs is 1. The molecule has 48 heavy (non-hydrogen) atoms. The predicted molar refractivity (Wildman–Crippen MR) is 189 cm³/mol. The molecule has 3 fully saturated rings. The zero-order chi connectivity index (χ0) is 33.0. The third-order valence-electron chi connectivity index (χ3n) is 9.58. The lowest BCUT2D eigenvalue weighted by atomic mass is 9.97. The second kappa shape index (κ2) is 14.2. The van der Waals surface area contributed by atoms with Crippen LogP contribution in [0.1, 0.15) is 37.8 Å².